The minimum absolute atomic E-state index is 0.0302. The summed E-state index contributed by atoms with van der Waals surface area (Å²) in [4.78, 5) is 25.2. The van der Waals surface area contributed by atoms with Gasteiger partial charge in [0, 0.05) is 11.1 Å². The van der Waals surface area contributed by atoms with Gasteiger partial charge in [0.2, 0.25) is 0 Å². The molecule has 0 spiro atoms. The lowest BCUT2D eigenvalue weighted by Gasteiger charge is -2.20. The van der Waals surface area contributed by atoms with Gasteiger partial charge in [0.25, 0.3) is 5.91 Å². The minimum atomic E-state index is -0.463. The molecule has 0 bridgehead atoms. The lowest BCUT2D eigenvalue weighted by molar-refractivity contribution is -0.676. The Morgan fingerprint density at radius 2 is 1.70 bits per heavy atom. The average Bonchev–Trinajstić information content (AvgIpc) is 3.07. The van der Waals surface area contributed by atoms with Gasteiger partial charge in [0.05, 0.1) is 4.88 Å². The fraction of sp³-hybridized carbons (Fsp3) is 0.429. The lowest BCUT2D eigenvalue weighted by atomic mass is 9.98. The Balaban J connectivity index is 2.04. The van der Waals surface area contributed by atoms with E-state index < -0.39 is 6.03 Å². The van der Waals surface area contributed by atoms with E-state index in [1.807, 2.05) is 37.5 Å². The molecule has 2 aromatic rings. The molecule has 0 aliphatic heterocycles. The second-order valence-electron chi connectivity index (χ2n) is 8.01. The van der Waals surface area contributed by atoms with Crippen molar-refractivity contribution in [2.75, 3.05) is 6.54 Å². The molecule has 1 atom stereocenters. The van der Waals surface area contributed by atoms with Crippen molar-refractivity contribution in [1.82, 2.24) is 10.6 Å². The zero-order chi connectivity index (χ0) is 20.0. The van der Waals surface area contributed by atoms with Crippen molar-refractivity contribution in [2.24, 2.45) is 0 Å². The molecule has 0 fully saturated rings. The third kappa shape index (κ3) is 6.81. The van der Waals surface area contributed by atoms with Gasteiger partial charge in [0.15, 0.2) is 6.54 Å². The Morgan fingerprint density at radius 3 is 2.22 bits per heavy atom. The third-order valence-electron chi connectivity index (χ3n) is 4.09. The second-order valence-corrected chi connectivity index (χ2v) is 8.99. The molecule has 4 N–H and O–H groups in total. The number of hydrogen-bond acceptors (Lipinski definition) is 3. The number of quaternary nitrogens is 1. The van der Waals surface area contributed by atoms with E-state index in [-0.39, 0.29) is 24.0 Å². The van der Waals surface area contributed by atoms with E-state index in [4.69, 9.17) is 0 Å². The van der Waals surface area contributed by atoms with Gasteiger partial charge in [-0.3, -0.25) is 10.1 Å². The summed E-state index contributed by atoms with van der Waals surface area (Å²) in [5, 5.41) is 9.13. The van der Waals surface area contributed by atoms with E-state index in [9.17, 15) is 9.59 Å². The lowest BCUT2D eigenvalue weighted by Crippen LogP contribution is -2.87. The highest BCUT2D eigenvalue weighted by Crippen LogP contribution is 2.24. The van der Waals surface area contributed by atoms with Crippen molar-refractivity contribution < 1.29 is 14.9 Å². The van der Waals surface area contributed by atoms with Gasteiger partial charge in [-0.05, 0) is 43.7 Å². The van der Waals surface area contributed by atoms with Gasteiger partial charge in [-0.25, -0.2) is 4.79 Å². The second kappa shape index (κ2) is 9.15. The summed E-state index contributed by atoms with van der Waals surface area (Å²) >= 11 is 1.67. The van der Waals surface area contributed by atoms with Crippen LogP contribution in [0.4, 0.5) is 4.79 Å². The topological polar surface area (TPSA) is 74.8 Å². The first-order chi connectivity index (χ1) is 12.7. The molecule has 146 valence electrons. The predicted molar refractivity (Wildman–Crippen MR) is 110 cm³/mol. The maximum atomic E-state index is 12.2. The summed E-state index contributed by atoms with van der Waals surface area (Å²) < 4.78 is 0. The number of rotatable bonds is 6. The summed E-state index contributed by atoms with van der Waals surface area (Å²) in [6, 6.07) is 12.2. The number of imide groups is 1. The molecule has 0 radical (unpaired) electrons. The molecule has 1 heterocycles. The Morgan fingerprint density at radius 1 is 1.07 bits per heavy atom. The Kier molecular flexibility index (Phi) is 7.16. The number of thiophene rings is 1. The number of hydrogen-bond donors (Lipinski definition) is 3. The SMILES string of the molecule is CC(C)c1ccc([C@H]([NH2+]CC(=O)NC(=O)NC(C)(C)C)c2cccs2)cc1. The van der Waals surface area contributed by atoms with E-state index in [0.717, 1.165) is 5.56 Å². The molecular weight excluding hydrogens is 358 g/mol. The first kappa shape index (κ1) is 21.1. The van der Waals surface area contributed by atoms with Crippen LogP contribution >= 0.6 is 11.3 Å². The van der Waals surface area contributed by atoms with Crippen LogP contribution in [0.5, 0.6) is 0 Å². The van der Waals surface area contributed by atoms with Gasteiger partial charge in [-0.15, -0.1) is 11.3 Å². The van der Waals surface area contributed by atoms with E-state index >= 15 is 0 Å². The van der Waals surface area contributed by atoms with Crippen molar-refractivity contribution >= 4 is 23.3 Å². The van der Waals surface area contributed by atoms with E-state index in [2.05, 4.69) is 54.8 Å². The summed E-state index contributed by atoms with van der Waals surface area (Å²) in [5.74, 6) is 0.174. The van der Waals surface area contributed by atoms with E-state index in [0.29, 0.717) is 5.92 Å². The molecule has 0 saturated carbocycles. The van der Waals surface area contributed by atoms with Crippen molar-refractivity contribution in [3.8, 4) is 0 Å². The average molecular weight is 389 g/mol. The highest BCUT2D eigenvalue weighted by Gasteiger charge is 2.22. The van der Waals surface area contributed by atoms with Crippen LogP contribution in [0.2, 0.25) is 0 Å². The fourth-order valence-corrected chi connectivity index (χ4v) is 3.60. The number of carbonyl (C=O) groups excluding carboxylic acids is 2. The monoisotopic (exact) mass is 388 g/mol. The molecule has 1 aromatic heterocycles. The quantitative estimate of drug-likeness (QED) is 0.711. The first-order valence-corrected chi connectivity index (χ1v) is 10.1. The molecule has 0 aliphatic rings. The number of urea groups is 1. The van der Waals surface area contributed by atoms with Gasteiger partial charge in [-0.2, -0.15) is 0 Å². The molecule has 0 aliphatic carbocycles. The Hall–Kier alpha value is -2.18. The highest BCUT2D eigenvalue weighted by atomic mass is 32.1. The van der Waals surface area contributed by atoms with Crippen LogP contribution in [0, 0.1) is 0 Å². The van der Waals surface area contributed by atoms with Crippen molar-refractivity contribution in [3.05, 3.63) is 57.8 Å². The van der Waals surface area contributed by atoms with Crippen LogP contribution in [0.3, 0.4) is 0 Å². The fourth-order valence-electron chi connectivity index (χ4n) is 2.75. The molecule has 2 rings (SSSR count). The largest absolute Gasteiger partial charge is 0.333 e. The van der Waals surface area contributed by atoms with Crippen molar-refractivity contribution in [2.45, 2.75) is 52.1 Å². The maximum Gasteiger partial charge on any atom is 0.322 e. The molecule has 27 heavy (non-hydrogen) atoms. The van der Waals surface area contributed by atoms with Gasteiger partial charge in [0.1, 0.15) is 6.04 Å². The van der Waals surface area contributed by atoms with Crippen LogP contribution in [0.1, 0.15) is 62.6 Å². The van der Waals surface area contributed by atoms with Gasteiger partial charge in [-0.1, -0.05) is 44.2 Å². The standard InChI is InChI=1S/C21H29N3O2S/c1-14(2)15-8-10-16(11-9-15)19(17-7-6-12-27-17)22-13-18(25)23-20(26)24-21(3,4)5/h6-12,14,19,22H,13H2,1-5H3,(H2,23,24,25,26)/p+1/t19-/m0/s1. The van der Waals surface area contributed by atoms with Crippen molar-refractivity contribution in [1.29, 1.82) is 0 Å². The molecule has 5 nitrogen and oxygen atoms in total. The third-order valence-corrected chi connectivity index (χ3v) is 5.05. The van der Waals surface area contributed by atoms with Crippen LogP contribution < -0.4 is 16.0 Å². The van der Waals surface area contributed by atoms with E-state index in [1.165, 1.54) is 10.4 Å². The summed E-state index contributed by atoms with van der Waals surface area (Å²) in [6.45, 7) is 10.1. The molecule has 3 amide bonds. The Bertz CT molecular complexity index is 747. The number of benzene rings is 1. The maximum absolute atomic E-state index is 12.2. The normalized spacial score (nSPS) is 12.7. The van der Waals surface area contributed by atoms with Crippen LogP contribution in [-0.2, 0) is 4.79 Å². The zero-order valence-electron chi connectivity index (χ0n) is 16.7. The first-order valence-electron chi connectivity index (χ1n) is 9.24. The zero-order valence-corrected chi connectivity index (χ0v) is 17.5. The van der Waals surface area contributed by atoms with Gasteiger partial charge >= 0.3 is 6.03 Å². The highest BCUT2D eigenvalue weighted by molar-refractivity contribution is 7.10. The number of nitrogens with one attached hydrogen (secondary N) is 2. The summed E-state index contributed by atoms with van der Waals surface area (Å²) in [7, 11) is 0. The predicted octanol–water partition coefficient (Wildman–Crippen LogP) is 3.15. The molecule has 6 heteroatoms. The summed E-state index contributed by atoms with van der Waals surface area (Å²) in [5.41, 5.74) is 2.06. The number of nitrogens with two attached hydrogens (primary N) is 1. The van der Waals surface area contributed by atoms with Gasteiger partial charge < -0.3 is 10.6 Å². The summed E-state index contributed by atoms with van der Waals surface area (Å²) in [6.07, 6.45) is 0. The molecular formula is C21H30N3O2S+. The van der Waals surface area contributed by atoms with Crippen LogP contribution in [0.25, 0.3) is 0 Å². The molecule has 0 saturated heterocycles. The number of carbonyl (C=O) groups is 2. The van der Waals surface area contributed by atoms with Crippen LogP contribution in [-0.4, -0.2) is 24.0 Å². The van der Waals surface area contributed by atoms with Crippen LogP contribution in [0.15, 0.2) is 41.8 Å². The molecule has 0 unspecified atom stereocenters. The minimum Gasteiger partial charge on any atom is -0.333 e. The Labute approximate surface area is 165 Å². The smallest absolute Gasteiger partial charge is 0.322 e. The van der Waals surface area contributed by atoms with Crippen molar-refractivity contribution in [3.63, 3.8) is 0 Å². The van der Waals surface area contributed by atoms with E-state index in [1.54, 1.807) is 11.3 Å². The molecule has 1 aromatic carbocycles. The number of amides is 3.